The molecule has 0 aromatic heterocycles. The summed E-state index contributed by atoms with van der Waals surface area (Å²) in [6, 6.07) is 0. The zero-order valence-electron chi connectivity index (χ0n) is 10.7. The molecule has 4 fully saturated rings. The first kappa shape index (κ1) is 11.6. The molecule has 4 rings (SSSR count). The van der Waals surface area contributed by atoms with Crippen LogP contribution in [0.15, 0.2) is 0 Å². The van der Waals surface area contributed by atoms with Crippen molar-refractivity contribution in [1.29, 1.82) is 0 Å². The molecule has 4 aliphatic rings. The van der Waals surface area contributed by atoms with E-state index < -0.39 is 22.7 Å². The summed E-state index contributed by atoms with van der Waals surface area (Å²) in [6.07, 6.45) is 4.80. The van der Waals surface area contributed by atoms with Crippen LogP contribution >= 0.6 is 0 Å². The third-order valence-electron chi connectivity index (χ3n) is 6.32. The molecule has 0 unspecified atom stereocenters. The van der Waals surface area contributed by atoms with Crippen LogP contribution in [0.4, 0.5) is 0 Å². The van der Waals surface area contributed by atoms with Gasteiger partial charge < -0.3 is 20.4 Å². The third kappa shape index (κ3) is 0.936. The highest BCUT2D eigenvalue weighted by Gasteiger charge is 2.84. The van der Waals surface area contributed by atoms with Crippen LogP contribution in [0.25, 0.3) is 0 Å². The summed E-state index contributed by atoms with van der Waals surface area (Å²) in [5, 5.41) is 41.7. The maximum absolute atomic E-state index is 10.5. The summed E-state index contributed by atoms with van der Waals surface area (Å²) >= 11 is 0. The lowest BCUT2D eigenvalue weighted by Gasteiger charge is -2.46. The van der Waals surface area contributed by atoms with Crippen molar-refractivity contribution in [3.63, 3.8) is 0 Å². The fourth-order valence-electron chi connectivity index (χ4n) is 5.01. The summed E-state index contributed by atoms with van der Waals surface area (Å²) < 4.78 is 0. The van der Waals surface area contributed by atoms with E-state index in [-0.39, 0.29) is 5.41 Å². The molecule has 2 aliphatic heterocycles. The Morgan fingerprint density at radius 3 is 1.94 bits per heavy atom. The van der Waals surface area contributed by atoms with E-state index in [1.54, 1.807) is 4.90 Å². The summed E-state index contributed by atoms with van der Waals surface area (Å²) in [5.41, 5.74) is -1.52. The Kier molecular flexibility index (Phi) is 1.71. The van der Waals surface area contributed by atoms with Gasteiger partial charge >= 0.3 is 0 Å². The van der Waals surface area contributed by atoms with Crippen LogP contribution in [0.3, 0.4) is 0 Å². The minimum atomic E-state index is -1.89. The Labute approximate surface area is 106 Å². The van der Waals surface area contributed by atoms with Gasteiger partial charge in [-0.2, -0.15) is 0 Å². The molecule has 2 heterocycles. The molecule has 4 N–H and O–H groups in total. The maximum atomic E-state index is 10.5. The van der Waals surface area contributed by atoms with Gasteiger partial charge in [0.15, 0.2) is 5.79 Å². The van der Waals surface area contributed by atoms with E-state index in [1.165, 1.54) is 6.92 Å². The maximum Gasteiger partial charge on any atom is 0.231 e. The molecule has 2 spiro atoms. The average Bonchev–Trinajstić information content (AvgIpc) is 3.04. The van der Waals surface area contributed by atoms with Gasteiger partial charge in [0.2, 0.25) is 5.91 Å². The highest BCUT2D eigenvalue weighted by Crippen LogP contribution is 2.77. The van der Waals surface area contributed by atoms with Gasteiger partial charge in [-0.25, -0.2) is 4.90 Å². The van der Waals surface area contributed by atoms with Crippen molar-refractivity contribution >= 4 is 0 Å². The summed E-state index contributed by atoms with van der Waals surface area (Å²) in [6.45, 7) is 1.95. The summed E-state index contributed by atoms with van der Waals surface area (Å²) in [4.78, 5) is 1.60. The summed E-state index contributed by atoms with van der Waals surface area (Å²) in [7, 11) is 0. The monoisotopic (exact) mass is 255 g/mol. The lowest BCUT2D eigenvalue weighted by molar-refractivity contribution is -0.318. The first-order valence-corrected chi connectivity index (χ1v) is 6.88. The summed E-state index contributed by atoms with van der Waals surface area (Å²) in [5.74, 6) is -3.76. The Hall–Kier alpha value is -0.200. The number of fused-ring (bicyclic) bond motifs is 2. The van der Waals surface area contributed by atoms with Crippen molar-refractivity contribution in [2.75, 3.05) is 6.54 Å². The fraction of sp³-hybridized carbons (Fsp3) is 1.00. The highest BCUT2D eigenvalue weighted by atomic mass is 16.5. The molecule has 0 aromatic carbocycles. The van der Waals surface area contributed by atoms with Gasteiger partial charge in [-0.15, -0.1) is 0 Å². The molecular formula is C13H21NO4. The first-order chi connectivity index (χ1) is 8.21. The van der Waals surface area contributed by atoms with Crippen LogP contribution in [-0.4, -0.2) is 49.1 Å². The van der Waals surface area contributed by atoms with Gasteiger partial charge in [-0.3, -0.25) is 0 Å². The van der Waals surface area contributed by atoms with Crippen molar-refractivity contribution in [1.82, 2.24) is 4.90 Å². The Morgan fingerprint density at radius 2 is 1.50 bits per heavy atom. The molecule has 18 heavy (non-hydrogen) atoms. The number of nitrogens with zero attached hydrogens (tertiary/aromatic N) is 1. The van der Waals surface area contributed by atoms with E-state index in [2.05, 4.69) is 0 Å². The van der Waals surface area contributed by atoms with Crippen LogP contribution < -0.4 is 0 Å². The van der Waals surface area contributed by atoms with Crippen molar-refractivity contribution in [3.05, 3.63) is 0 Å². The number of hydrogen-bond donors (Lipinski definition) is 4. The quantitative estimate of drug-likeness (QED) is 0.485. The van der Waals surface area contributed by atoms with Gasteiger partial charge in [0.05, 0.1) is 5.54 Å². The van der Waals surface area contributed by atoms with Crippen molar-refractivity contribution in [3.8, 4) is 0 Å². The smallest absolute Gasteiger partial charge is 0.231 e. The Bertz CT molecular complexity index is 419. The van der Waals surface area contributed by atoms with E-state index in [1.807, 2.05) is 0 Å². The van der Waals surface area contributed by atoms with E-state index in [0.29, 0.717) is 13.0 Å². The van der Waals surface area contributed by atoms with Crippen molar-refractivity contribution in [2.45, 2.75) is 62.7 Å². The SMILES string of the molecule is CC(O)(O)[C@]12CC3(CC3)C(O)(O)N1CCC21CC1. The molecule has 0 radical (unpaired) electrons. The average molecular weight is 255 g/mol. The molecule has 2 aliphatic carbocycles. The topological polar surface area (TPSA) is 84.2 Å². The predicted molar refractivity (Wildman–Crippen MR) is 62.0 cm³/mol. The molecule has 1 atom stereocenters. The van der Waals surface area contributed by atoms with Crippen LogP contribution in [0.1, 0.15) is 45.4 Å². The van der Waals surface area contributed by atoms with Gasteiger partial charge in [-0.1, -0.05) is 0 Å². The zero-order chi connectivity index (χ0) is 13.0. The van der Waals surface area contributed by atoms with Gasteiger partial charge in [0.25, 0.3) is 0 Å². The van der Waals surface area contributed by atoms with Gasteiger partial charge in [0.1, 0.15) is 0 Å². The minimum absolute atomic E-state index is 0.117. The lowest BCUT2D eigenvalue weighted by atomic mass is 9.72. The van der Waals surface area contributed by atoms with Crippen LogP contribution in [0.2, 0.25) is 0 Å². The number of aliphatic hydroxyl groups is 4. The van der Waals surface area contributed by atoms with E-state index in [4.69, 9.17) is 0 Å². The highest BCUT2D eigenvalue weighted by molar-refractivity contribution is 5.31. The first-order valence-electron chi connectivity index (χ1n) is 6.88. The molecule has 2 saturated carbocycles. The van der Waals surface area contributed by atoms with Crippen molar-refractivity contribution < 1.29 is 20.4 Å². The Balaban J connectivity index is 1.90. The molecule has 5 nitrogen and oxygen atoms in total. The zero-order valence-corrected chi connectivity index (χ0v) is 10.7. The Morgan fingerprint density at radius 1 is 0.944 bits per heavy atom. The molecule has 0 amide bonds. The second kappa shape index (κ2) is 2.65. The number of rotatable bonds is 1. The van der Waals surface area contributed by atoms with E-state index >= 15 is 0 Å². The third-order valence-corrected chi connectivity index (χ3v) is 6.32. The molecule has 5 heteroatoms. The van der Waals surface area contributed by atoms with Crippen LogP contribution in [0, 0.1) is 10.8 Å². The second-order valence-corrected chi connectivity index (χ2v) is 7.16. The molecule has 102 valence electrons. The normalized spacial score (nSPS) is 42.5. The van der Waals surface area contributed by atoms with Gasteiger partial charge in [0, 0.05) is 12.0 Å². The van der Waals surface area contributed by atoms with Crippen LogP contribution in [-0.2, 0) is 0 Å². The molecule has 2 saturated heterocycles. The van der Waals surface area contributed by atoms with Crippen molar-refractivity contribution in [2.24, 2.45) is 10.8 Å². The van der Waals surface area contributed by atoms with E-state index in [0.717, 1.165) is 32.1 Å². The fourth-order valence-corrected chi connectivity index (χ4v) is 5.01. The van der Waals surface area contributed by atoms with Crippen LogP contribution in [0.5, 0.6) is 0 Å². The molecule has 0 bridgehead atoms. The predicted octanol–water partition coefficient (Wildman–Crippen LogP) is -0.266. The lowest BCUT2D eigenvalue weighted by Crippen LogP contribution is -2.65. The second-order valence-electron chi connectivity index (χ2n) is 7.16. The van der Waals surface area contributed by atoms with E-state index in [9.17, 15) is 20.4 Å². The largest absolute Gasteiger partial charge is 0.364 e. The number of hydrogen-bond acceptors (Lipinski definition) is 5. The van der Waals surface area contributed by atoms with Gasteiger partial charge in [-0.05, 0) is 50.9 Å². The minimum Gasteiger partial charge on any atom is -0.364 e. The standard InChI is InChI=1S/C13H21NO4/c1-9(15,16)12-8-11(4-5-11)13(17,18)14(12)7-6-10(12)2-3-10/h15-18H,2-8H2,1H3/t12-/m0/s1. The molecule has 0 aromatic rings. The molecular weight excluding hydrogens is 234 g/mol.